The standard InChI is InChI=1S/C12H15N3O3/c1-15-6-5-9(14-15)7-13-8-10-3-4-11(18-10)12(16)17-2/h3-6,13H,7-8H2,1-2H3. The predicted octanol–water partition coefficient (Wildman–Crippen LogP) is 1.09. The van der Waals surface area contributed by atoms with Crippen LogP contribution in [0.5, 0.6) is 0 Å². The lowest BCUT2D eigenvalue weighted by atomic mass is 10.4. The van der Waals surface area contributed by atoms with Crippen LogP contribution in [0.1, 0.15) is 22.0 Å². The van der Waals surface area contributed by atoms with Gasteiger partial charge in [-0.15, -0.1) is 0 Å². The molecule has 18 heavy (non-hydrogen) atoms. The van der Waals surface area contributed by atoms with Crippen LogP contribution >= 0.6 is 0 Å². The lowest BCUT2D eigenvalue weighted by Crippen LogP contribution is -2.12. The first-order valence-corrected chi connectivity index (χ1v) is 5.55. The van der Waals surface area contributed by atoms with Gasteiger partial charge in [0, 0.05) is 19.8 Å². The highest BCUT2D eigenvalue weighted by Gasteiger charge is 2.10. The maximum absolute atomic E-state index is 11.2. The third kappa shape index (κ3) is 2.98. The molecule has 0 fully saturated rings. The van der Waals surface area contributed by atoms with E-state index >= 15 is 0 Å². The molecule has 0 aliphatic heterocycles. The number of methoxy groups -OCH3 is 1. The lowest BCUT2D eigenvalue weighted by Gasteiger charge is -1.99. The van der Waals surface area contributed by atoms with E-state index in [0.29, 0.717) is 18.8 Å². The zero-order valence-electron chi connectivity index (χ0n) is 10.3. The first kappa shape index (κ1) is 12.4. The van der Waals surface area contributed by atoms with Gasteiger partial charge >= 0.3 is 5.97 Å². The Balaban J connectivity index is 1.83. The summed E-state index contributed by atoms with van der Waals surface area (Å²) in [5.74, 6) is 0.435. The van der Waals surface area contributed by atoms with E-state index in [1.54, 1.807) is 16.8 Å². The second-order valence-corrected chi connectivity index (χ2v) is 3.84. The van der Waals surface area contributed by atoms with Gasteiger partial charge in [0.1, 0.15) is 5.76 Å². The van der Waals surface area contributed by atoms with Crippen molar-refractivity contribution in [2.75, 3.05) is 7.11 Å². The van der Waals surface area contributed by atoms with E-state index in [1.165, 1.54) is 7.11 Å². The molecule has 0 amide bonds. The maximum Gasteiger partial charge on any atom is 0.373 e. The molecule has 2 aromatic rings. The summed E-state index contributed by atoms with van der Waals surface area (Å²) in [5.41, 5.74) is 0.956. The third-order valence-electron chi connectivity index (χ3n) is 2.42. The normalized spacial score (nSPS) is 10.6. The number of nitrogens with zero attached hydrogens (tertiary/aromatic N) is 2. The summed E-state index contributed by atoms with van der Waals surface area (Å²) in [7, 11) is 3.20. The summed E-state index contributed by atoms with van der Waals surface area (Å²) < 4.78 is 11.6. The SMILES string of the molecule is COC(=O)c1ccc(CNCc2ccn(C)n2)o1. The van der Waals surface area contributed by atoms with Crippen molar-refractivity contribution in [1.82, 2.24) is 15.1 Å². The largest absolute Gasteiger partial charge is 0.463 e. The smallest absolute Gasteiger partial charge is 0.373 e. The van der Waals surface area contributed by atoms with E-state index in [4.69, 9.17) is 4.42 Å². The summed E-state index contributed by atoms with van der Waals surface area (Å²) in [6, 6.07) is 5.29. The Morgan fingerprint density at radius 1 is 1.44 bits per heavy atom. The minimum Gasteiger partial charge on any atom is -0.463 e. The Kier molecular flexibility index (Phi) is 3.78. The van der Waals surface area contributed by atoms with Gasteiger partial charge in [-0.3, -0.25) is 4.68 Å². The molecule has 2 heterocycles. The van der Waals surface area contributed by atoms with Crippen molar-refractivity contribution in [3.8, 4) is 0 Å². The number of aromatic nitrogens is 2. The molecule has 96 valence electrons. The van der Waals surface area contributed by atoms with Gasteiger partial charge in [0.15, 0.2) is 0 Å². The fraction of sp³-hybridized carbons (Fsp3) is 0.333. The highest BCUT2D eigenvalue weighted by molar-refractivity contribution is 5.86. The monoisotopic (exact) mass is 249 g/mol. The first-order valence-electron chi connectivity index (χ1n) is 5.55. The molecule has 6 heteroatoms. The second kappa shape index (κ2) is 5.50. The molecule has 2 rings (SSSR count). The summed E-state index contributed by atoms with van der Waals surface area (Å²) in [5, 5.41) is 7.42. The van der Waals surface area contributed by atoms with E-state index < -0.39 is 5.97 Å². The van der Waals surface area contributed by atoms with Crippen LogP contribution < -0.4 is 5.32 Å². The number of aryl methyl sites for hydroxylation is 1. The second-order valence-electron chi connectivity index (χ2n) is 3.84. The van der Waals surface area contributed by atoms with E-state index in [-0.39, 0.29) is 5.76 Å². The van der Waals surface area contributed by atoms with Crippen molar-refractivity contribution in [3.63, 3.8) is 0 Å². The van der Waals surface area contributed by atoms with Crippen molar-refractivity contribution in [3.05, 3.63) is 41.6 Å². The van der Waals surface area contributed by atoms with Crippen LogP contribution in [0.15, 0.2) is 28.8 Å². The number of hydrogen-bond acceptors (Lipinski definition) is 5. The number of nitrogens with one attached hydrogen (secondary N) is 1. The quantitative estimate of drug-likeness (QED) is 0.803. The fourth-order valence-corrected chi connectivity index (χ4v) is 1.55. The Bertz CT molecular complexity index is 530. The number of hydrogen-bond donors (Lipinski definition) is 1. The molecule has 0 unspecified atom stereocenters. The molecule has 0 aromatic carbocycles. The van der Waals surface area contributed by atoms with Crippen molar-refractivity contribution in [2.24, 2.45) is 7.05 Å². The van der Waals surface area contributed by atoms with Crippen LogP contribution in [0.4, 0.5) is 0 Å². The molecule has 0 radical (unpaired) electrons. The molecule has 1 N–H and O–H groups in total. The highest BCUT2D eigenvalue weighted by Crippen LogP contribution is 2.08. The van der Waals surface area contributed by atoms with Crippen LogP contribution in [0.25, 0.3) is 0 Å². The van der Waals surface area contributed by atoms with Crippen LogP contribution in [0, 0.1) is 0 Å². The van der Waals surface area contributed by atoms with Crippen molar-refractivity contribution < 1.29 is 13.9 Å². The van der Waals surface area contributed by atoms with Gasteiger partial charge in [0.05, 0.1) is 19.3 Å². The Morgan fingerprint density at radius 3 is 2.94 bits per heavy atom. The molecule has 0 spiro atoms. The topological polar surface area (TPSA) is 69.3 Å². The number of furan rings is 1. The lowest BCUT2D eigenvalue weighted by molar-refractivity contribution is 0.0563. The number of carbonyl (C=O) groups excluding carboxylic acids is 1. The van der Waals surface area contributed by atoms with Crippen molar-refractivity contribution in [1.29, 1.82) is 0 Å². The van der Waals surface area contributed by atoms with Crippen molar-refractivity contribution >= 4 is 5.97 Å². The Labute approximate surface area is 105 Å². The summed E-state index contributed by atoms with van der Waals surface area (Å²) in [6.45, 7) is 1.18. The maximum atomic E-state index is 11.2. The van der Waals surface area contributed by atoms with Gasteiger partial charge in [-0.05, 0) is 18.2 Å². The molecule has 0 saturated carbocycles. The predicted molar refractivity (Wildman–Crippen MR) is 63.8 cm³/mol. The van der Waals surface area contributed by atoms with Crippen LogP contribution in [-0.4, -0.2) is 22.9 Å². The fourth-order valence-electron chi connectivity index (χ4n) is 1.55. The van der Waals surface area contributed by atoms with E-state index in [0.717, 1.165) is 5.69 Å². The molecule has 0 bridgehead atoms. The van der Waals surface area contributed by atoms with E-state index in [9.17, 15) is 4.79 Å². The van der Waals surface area contributed by atoms with Gasteiger partial charge < -0.3 is 14.5 Å². The number of carbonyl (C=O) groups is 1. The zero-order chi connectivity index (χ0) is 13.0. The number of ether oxygens (including phenoxy) is 1. The minimum absolute atomic E-state index is 0.215. The first-order chi connectivity index (χ1) is 8.69. The molecule has 0 aliphatic carbocycles. The van der Waals surface area contributed by atoms with Gasteiger partial charge in [-0.2, -0.15) is 5.10 Å². The Hall–Kier alpha value is -2.08. The average molecular weight is 249 g/mol. The molecular weight excluding hydrogens is 234 g/mol. The highest BCUT2D eigenvalue weighted by atomic mass is 16.5. The van der Waals surface area contributed by atoms with Gasteiger partial charge in [-0.25, -0.2) is 4.79 Å². The summed E-state index contributed by atoms with van der Waals surface area (Å²) in [6.07, 6.45) is 1.89. The zero-order valence-corrected chi connectivity index (χ0v) is 10.3. The molecule has 0 saturated heterocycles. The number of esters is 1. The van der Waals surface area contributed by atoms with Crippen LogP contribution in [-0.2, 0) is 24.9 Å². The van der Waals surface area contributed by atoms with Crippen LogP contribution in [0.2, 0.25) is 0 Å². The van der Waals surface area contributed by atoms with Crippen molar-refractivity contribution in [2.45, 2.75) is 13.1 Å². The average Bonchev–Trinajstić information content (AvgIpc) is 2.98. The number of rotatable bonds is 5. The van der Waals surface area contributed by atoms with Crippen LogP contribution in [0.3, 0.4) is 0 Å². The summed E-state index contributed by atoms with van der Waals surface area (Å²) >= 11 is 0. The molecule has 0 aliphatic rings. The Morgan fingerprint density at radius 2 is 2.28 bits per heavy atom. The van der Waals surface area contributed by atoms with Gasteiger partial charge in [-0.1, -0.05) is 0 Å². The molecule has 6 nitrogen and oxygen atoms in total. The molecule has 2 aromatic heterocycles. The summed E-state index contributed by atoms with van der Waals surface area (Å²) in [4.78, 5) is 11.2. The van der Waals surface area contributed by atoms with Gasteiger partial charge in [0.2, 0.25) is 5.76 Å². The molecule has 0 atom stereocenters. The minimum atomic E-state index is -0.467. The van der Waals surface area contributed by atoms with E-state index in [1.807, 2.05) is 19.3 Å². The van der Waals surface area contributed by atoms with Gasteiger partial charge in [0.25, 0.3) is 0 Å². The molecular formula is C12H15N3O3. The van der Waals surface area contributed by atoms with E-state index in [2.05, 4.69) is 15.2 Å². The third-order valence-corrected chi connectivity index (χ3v) is 2.42.